The van der Waals surface area contributed by atoms with Crippen molar-refractivity contribution in [1.82, 2.24) is 15.5 Å². The molecule has 32 heavy (non-hydrogen) atoms. The van der Waals surface area contributed by atoms with Crippen molar-refractivity contribution in [3.63, 3.8) is 0 Å². The Kier molecular flexibility index (Phi) is 6.87. The number of hydrogen-bond acceptors (Lipinski definition) is 5. The van der Waals surface area contributed by atoms with Gasteiger partial charge < -0.3 is 14.6 Å². The number of hydrogen-bond donors (Lipinski definition) is 1. The molecule has 7 heteroatoms. The van der Waals surface area contributed by atoms with Crippen molar-refractivity contribution in [3.8, 4) is 17.1 Å². The number of amides is 1. The number of nitrogens with one attached hydrogen (secondary N) is 1. The number of nitrogens with zero attached hydrogens (tertiary/aromatic N) is 2. The standard InChI is InChI=1S/C25H22FN3O3/c26-20-13-7-8-14-22(20)31-17-21(18-9-3-1-4-10-18)27-23(30)15-16-24-28-25(29-32-24)19-11-5-2-6-12-19/h1-14,21H,15-17H2,(H,27,30)/t21-/m0/s1. The van der Waals surface area contributed by atoms with Gasteiger partial charge in [-0.3, -0.25) is 4.79 Å². The molecule has 0 radical (unpaired) electrons. The summed E-state index contributed by atoms with van der Waals surface area (Å²) < 4.78 is 24.8. The minimum absolute atomic E-state index is 0.0927. The molecule has 3 aromatic carbocycles. The molecule has 0 aliphatic carbocycles. The van der Waals surface area contributed by atoms with Crippen LogP contribution in [0, 0.1) is 5.82 Å². The van der Waals surface area contributed by atoms with Gasteiger partial charge in [0.2, 0.25) is 17.6 Å². The summed E-state index contributed by atoms with van der Waals surface area (Å²) in [5.74, 6) is 0.369. The monoisotopic (exact) mass is 431 g/mol. The Morgan fingerprint density at radius 3 is 2.41 bits per heavy atom. The van der Waals surface area contributed by atoms with Crippen LogP contribution in [-0.4, -0.2) is 22.7 Å². The van der Waals surface area contributed by atoms with Gasteiger partial charge in [0, 0.05) is 18.4 Å². The van der Waals surface area contributed by atoms with Gasteiger partial charge in [-0.15, -0.1) is 0 Å². The molecule has 4 rings (SSSR count). The van der Waals surface area contributed by atoms with E-state index in [4.69, 9.17) is 9.26 Å². The van der Waals surface area contributed by atoms with Crippen LogP contribution in [0.5, 0.6) is 5.75 Å². The van der Waals surface area contributed by atoms with Crippen molar-refractivity contribution < 1.29 is 18.4 Å². The fourth-order valence-corrected chi connectivity index (χ4v) is 3.19. The van der Waals surface area contributed by atoms with E-state index in [9.17, 15) is 9.18 Å². The average molecular weight is 431 g/mol. The van der Waals surface area contributed by atoms with Crippen molar-refractivity contribution in [2.75, 3.05) is 6.61 Å². The summed E-state index contributed by atoms with van der Waals surface area (Å²) in [6, 6.07) is 24.6. The van der Waals surface area contributed by atoms with Gasteiger partial charge in [0.25, 0.3) is 0 Å². The zero-order valence-corrected chi connectivity index (χ0v) is 17.3. The van der Waals surface area contributed by atoms with E-state index in [1.54, 1.807) is 18.2 Å². The molecule has 0 aliphatic heterocycles. The molecular formula is C25H22FN3O3. The minimum atomic E-state index is -0.448. The Hall–Kier alpha value is -4.00. The lowest BCUT2D eigenvalue weighted by molar-refractivity contribution is -0.122. The Morgan fingerprint density at radius 1 is 0.969 bits per heavy atom. The van der Waals surface area contributed by atoms with E-state index in [0.717, 1.165) is 11.1 Å². The summed E-state index contributed by atoms with van der Waals surface area (Å²) in [5.41, 5.74) is 1.71. The third kappa shape index (κ3) is 5.57. The highest BCUT2D eigenvalue weighted by atomic mass is 19.1. The highest BCUT2D eigenvalue weighted by Gasteiger charge is 2.17. The second-order valence-corrected chi connectivity index (χ2v) is 7.15. The summed E-state index contributed by atoms with van der Waals surface area (Å²) in [6.07, 6.45) is 0.473. The maximum Gasteiger partial charge on any atom is 0.227 e. The van der Waals surface area contributed by atoms with E-state index in [1.807, 2.05) is 60.7 Å². The van der Waals surface area contributed by atoms with Gasteiger partial charge in [0.15, 0.2) is 11.6 Å². The number of rotatable bonds is 9. The molecule has 0 spiro atoms. The molecule has 0 aliphatic rings. The van der Waals surface area contributed by atoms with E-state index < -0.39 is 11.9 Å². The quantitative estimate of drug-likeness (QED) is 0.414. The molecule has 0 bridgehead atoms. The van der Waals surface area contributed by atoms with E-state index in [2.05, 4.69) is 15.5 Å². The predicted octanol–water partition coefficient (Wildman–Crippen LogP) is 4.74. The second-order valence-electron chi connectivity index (χ2n) is 7.15. The molecule has 1 N–H and O–H groups in total. The van der Waals surface area contributed by atoms with Crippen LogP contribution in [0.25, 0.3) is 11.4 Å². The Balaban J connectivity index is 1.37. The molecule has 1 heterocycles. The summed E-state index contributed by atoms with van der Waals surface area (Å²) >= 11 is 0. The number of aryl methyl sites for hydroxylation is 1. The first kappa shape index (κ1) is 21.2. The van der Waals surface area contributed by atoms with Gasteiger partial charge >= 0.3 is 0 Å². The molecule has 162 valence electrons. The van der Waals surface area contributed by atoms with Crippen LogP contribution in [0.15, 0.2) is 89.5 Å². The third-order valence-corrected chi connectivity index (χ3v) is 4.85. The molecule has 0 unspecified atom stereocenters. The first-order valence-electron chi connectivity index (χ1n) is 10.3. The van der Waals surface area contributed by atoms with Crippen LogP contribution in [0.1, 0.15) is 23.9 Å². The zero-order chi connectivity index (χ0) is 22.2. The lowest BCUT2D eigenvalue weighted by atomic mass is 10.1. The second kappa shape index (κ2) is 10.3. The molecule has 1 atom stereocenters. The fourth-order valence-electron chi connectivity index (χ4n) is 3.19. The summed E-state index contributed by atoms with van der Waals surface area (Å²) in [4.78, 5) is 17.0. The Labute approximate surface area is 185 Å². The summed E-state index contributed by atoms with van der Waals surface area (Å²) in [5, 5.41) is 6.93. The molecule has 1 aromatic heterocycles. The summed E-state index contributed by atoms with van der Waals surface area (Å²) in [7, 11) is 0. The van der Waals surface area contributed by atoms with E-state index in [1.165, 1.54) is 6.07 Å². The van der Waals surface area contributed by atoms with Crippen molar-refractivity contribution >= 4 is 5.91 Å². The van der Waals surface area contributed by atoms with Gasteiger partial charge in [-0.1, -0.05) is 78.0 Å². The number of aromatic nitrogens is 2. The number of para-hydroxylation sites is 1. The van der Waals surface area contributed by atoms with Gasteiger partial charge in [-0.05, 0) is 17.7 Å². The number of halogens is 1. The van der Waals surface area contributed by atoms with Crippen molar-refractivity contribution in [2.45, 2.75) is 18.9 Å². The van der Waals surface area contributed by atoms with Crippen molar-refractivity contribution in [3.05, 3.63) is 102 Å². The predicted molar refractivity (Wildman–Crippen MR) is 117 cm³/mol. The van der Waals surface area contributed by atoms with Gasteiger partial charge in [-0.2, -0.15) is 4.98 Å². The highest BCUT2D eigenvalue weighted by molar-refractivity contribution is 5.76. The third-order valence-electron chi connectivity index (χ3n) is 4.85. The normalized spacial score (nSPS) is 11.7. The molecule has 4 aromatic rings. The molecule has 6 nitrogen and oxygen atoms in total. The van der Waals surface area contributed by atoms with Crippen LogP contribution in [0.2, 0.25) is 0 Å². The lowest BCUT2D eigenvalue weighted by Crippen LogP contribution is -2.32. The number of ether oxygens (including phenoxy) is 1. The summed E-state index contributed by atoms with van der Waals surface area (Å²) in [6.45, 7) is 0.0927. The molecule has 0 saturated carbocycles. The van der Waals surface area contributed by atoms with E-state index >= 15 is 0 Å². The highest BCUT2D eigenvalue weighted by Crippen LogP contribution is 2.20. The molecule has 0 fully saturated rings. The first-order chi connectivity index (χ1) is 15.7. The van der Waals surface area contributed by atoms with Crippen molar-refractivity contribution in [1.29, 1.82) is 0 Å². The van der Waals surface area contributed by atoms with Gasteiger partial charge in [0.1, 0.15) is 6.61 Å². The average Bonchev–Trinajstić information content (AvgIpc) is 3.32. The van der Waals surface area contributed by atoms with Crippen LogP contribution in [0.4, 0.5) is 4.39 Å². The van der Waals surface area contributed by atoms with Crippen molar-refractivity contribution in [2.24, 2.45) is 0 Å². The number of carbonyl (C=O) groups is 1. The van der Waals surface area contributed by atoms with E-state index in [-0.39, 0.29) is 24.7 Å². The molecule has 1 amide bonds. The van der Waals surface area contributed by atoms with Gasteiger partial charge in [-0.25, -0.2) is 4.39 Å². The van der Waals surface area contributed by atoms with Gasteiger partial charge in [0.05, 0.1) is 6.04 Å². The minimum Gasteiger partial charge on any atom is -0.488 e. The maximum absolute atomic E-state index is 13.9. The van der Waals surface area contributed by atoms with Crippen LogP contribution < -0.4 is 10.1 Å². The maximum atomic E-state index is 13.9. The molecule has 0 saturated heterocycles. The number of benzene rings is 3. The lowest BCUT2D eigenvalue weighted by Gasteiger charge is -2.20. The Bertz CT molecular complexity index is 1150. The fraction of sp³-hybridized carbons (Fsp3) is 0.160. The largest absolute Gasteiger partial charge is 0.488 e. The smallest absolute Gasteiger partial charge is 0.227 e. The first-order valence-corrected chi connectivity index (χ1v) is 10.3. The molecular weight excluding hydrogens is 409 g/mol. The topological polar surface area (TPSA) is 77.2 Å². The number of carbonyl (C=O) groups excluding carboxylic acids is 1. The van der Waals surface area contributed by atoms with Crippen LogP contribution >= 0.6 is 0 Å². The van der Waals surface area contributed by atoms with E-state index in [0.29, 0.717) is 18.1 Å². The van der Waals surface area contributed by atoms with Crippen LogP contribution in [0.3, 0.4) is 0 Å². The van der Waals surface area contributed by atoms with Crippen LogP contribution in [-0.2, 0) is 11.2 Å². The SMILES string of the molecule is O=C(CCc1nc(-c2ccccc2)no1)N[C@@H](COc1ccccc1F)c1ccccc1. The zero-order valence-electron chi connectivity index (χ0n) is 17.3. The Morgan fingerprint density at radius 2 is 1.66 bits per heavy atom.